The summed E-state index contributed by atoms with van der Waals surface area (Å²) < 4.78 is 26.7. The highest BCUT2D eigenvalue weighted by atomic mass is 19.3. The lowest BCUT2D eigenvalue weighted by Crippen LogP contribution is -2.29. The van der Waals surface area contributed by atoms with E-state index in [1.807, 2.05) is 6.07 Å². The molecule has 23 heavy (non-hydrogen) atoms. The second-order valence-electron chi connectivity index (χ2n) is 6.78. The van der Waals surface area contributed by atoms with Crippen molar-refractivity contribution in [2.45, 2.75) is 38.5 Å². The first-order valence-electron chi connectivity index (χ1n) is 7.93. The van der Waals surface area contributed by atoms with Crippen molar-refractivity contribution >= 4 is 16.9 Å². The second-order valence-corrected chi connectivity index (χ2v) is 6.78. The Balaban J connectivity index is 1.71. The molecule has 1 fully saturated rings. The minimum Gasteiger partial charge on any atom is -0.478 e. The Morgan fingerprint density at radius 3 is 2.74 bits per heavy atom. The summed E-state index contributed by atoms with van der Waals surface area (Å²) in [5.74, 6) is -0.964. The third-order valence-corrected chi connectivity index (χ3v) is 5.50. The second kappa shape index (κ2) is 4.98. The monoisotopic (exact) mass is 317 g/mol. The fourth-order valence-corrected chi connectivity index (χ4v) is 3.90. The lowest BCUT2D eigenvalue weighted by molar-refractivity contribution is 0.0200. The largest absolute Gasteiger partial charge is 0.478 e. The van der Waals surface area contributed by atoms with Crippen LogP contribution in [0.2, 0.25) is 0 Å². The fraction of sp³-hybridized carbons (Fsp3) is 0.444. The normalized spacial score (nSPS) is 22.1. The molecule has 2 aromatic rings. The van der Waals surface area contributed by atoms with E-state index >= 15 is 0 Å². The number of rotatable bonds is 3. The number of alkyl halides is 2. The number of aryl methyl sites for hydroxylation is 1. The van der Waals surface area contributed by atoms with Gasteiger partial charge in [-0.15, -0.1) is 0 Å². The van der Waals surface area contributed by atoms with Crippen LogP contribution in [0.25, 0.3) is 10.9 Å². The molecule has 0 spiro atoms. The highest BCUT2D eigenvalue weighted by molar-refractivity contribution is 5.93. The van der Waals surface area contributed by atoms with Crippen molar-refractivity contribution in [1.29, 1.82) is 0 Å². The molecule has 0 saturated heterocycles. The molecule has 4 rings (SSSR count). The van der Waals surface area contributed by atoms with E-state index in [0.717, 1.165) is 35.0 Å². The summed E-state index contributed by atoms with van der Waals surface area (Å²) in [6.07, 6.45) is 1.11. The molecular weight excluding hydrogens is 300 g/mol. The number of aromatic nitrogens is 1. The zero-order valence-electron chi connectivity index (χ0n) is 12.6. The van der Waals surface area contributed by atoms with Gasteiger partial charge in [0.2, 0.25) is 6.43 Å². The SMILES string of the molecule is O=C(O)c1ccc2nc3c(cc2c1)C[C@@H](C1(C(F)F)CC1)CC3. The van der Waals surface area contributed by atoms with E-state index in [4.69, 9.17) is 5.11 Å². The van der Waals surface area contributed by atoms with Crippen LogP contribution < -0.4 is 0 Å². The van der Waals surface area contributed by atoms with Crippen molar-refractivity contribution in [3.8, 4) is 0 Å². The van der Waals surface area contributed by atoms with Crippen LogP contribution >= 0.6 is 0 Å². The van der Waals surface area contributed by atoms with Crippen LogP contribution in [0.1, 0.15) is 40.9 Å². The van der Waals surface area contributed by atoms with Crippen molar-refractivity contribution in [3.63, 3.8) is 0 Å². The maximum Gasteiger partial charge on any atom is 0.335 e. The number of pyridine rings is 1. The van der Waals surface area contributed by atoms with Gasteiger partial charge in [-0.25, -0.2) is 13.6 Å². The topological polar surface area (TPSA) is 50.2 Å². The van der Waals surface area contributed by atoms with Crippen molar-refractivity contribution in [3.05, 3.63) is 41.1 Å². The molecule has 0 unspecified atom stereocenters. The van der Waals surface area contributed by atoms with E-state index in [2.05, 4.69) is 4.98 Å². The molecule has 120 valence electrons. The Labute approximate surface area is 132 Å². The van der Waals surface area contributed by atoms with E-state index in [1.54, 1.807) is 18.2 Å². The van der Waals surface area contributed by atoms with Crippen molar-refractivity contribution < 1.29 is 18.7 Å². The number of benzene rings is 1. The lowest BCUT2D eigenvalue weighted by atomic mass is 9.76. The molecule has 3 nitrogen and oxygen atoms in total. The van der Waals surface area contributed by atoms with Gasteiger partial charge in [0.05, 0.1) is 11.1 Å². The summed E-state index contributed by atoms with van der Waals surface area (Å²) in [5.41, 5.74) is 2.18. The number of nitrogens with zero attached hydrogens (tertiary/aromatic N) is 1. The number of carboxylic acids is 1. The van der Waals surface area contributed by atoms with Gasteiger partial charge in [0.25, 0.3) is 0 Å². The molecule has 1 saturated carbocycles. The van der Waals surface area contributed by atoms with Crippen LogP contribution in [0.4, 0.5) is 8.78 Å². The molecule has 1 heterocycles. The Morgan fingerprint density at radius 2 is 2.09 bits per heavy atom. The van der Waals surface area contributed by atoms with Crippen LogP contribution in [0.5, 0.6) is 0 Å². The number of hydrogen-bond acceptors (Lipinski definition) is 2. The summed E-state index contributed by atoms with van der Waals surface area (Å²) in [6.45, 7) is 0. The van der Waals surface area contributed by atoms with Gasteiger partial charge in [-0.3, -0.25) is 4.98 Å². The van der Waals surface area contributed by atoms with E-state index in [-0.39, 0.29) is 11.5 Å². The minimum atomic E-state index is -2.25. The average molecular weight is 317 g/mol. The molecule has 1 aromatic heterocycles. The highest BCUT2D eigenvalue weighted by Gasteiger charge is 2.56. The highest BCUT2D eigenvalue weighted by Crippen LogP contribution is 2.59. The van der Waals surface area contributed by atoms with Crippen molar-refractivity contribution in [2.24, 2.45) is 11.3 Å². The number of fused-ring (bicyclic) bond motifs is 2. The van der Waals surface area contributed by atoms with Gasteiger partial charge in [0.15, 0.2) is 0 Å². The molecule has 1 atom stereocenters. The summed E-state index contributed by atoms with van der Waals surface area (Å²) in [4.78, 5) is 15.7. The van der Waals surface area contributed by atoms with Crippen LogP contribution in [0.15, 0.2) is 24.3 Å². The molecule has 0 amide bonds. The predicted molar refractivity (Wildman–Crippen MR) is 81.9 cm³/mol. The molecule has 0 radical (unpaired) electrons. The summed E-state index contributed by atoms with van der Waals surface area (Å²) in [7, 11) is 0. The van der Waals surface area contributed by atoms with Crippen LogP contribution in [-0.2, 0) is 12.8 Å². The molecule has 5 heteroatoms. The van der Waals surface area contributed by atoms with Crippen LogP contribution in [-0.4, -0.2) is 22.5 Å². The summed E-state index contributed by atoms with van der Waals surface area (Å²) in [5, 5.41) is 9.87. The number of carbonyl (C=O) groups is 1. The van der Waals surface area contributed by atoms with Gasteiger partial charge >= 0.3 is 5.97 Å². The Bertz CT molecular complexity index is 799. The lowest BCUT2D eigenvalue weighted by Gasteiger charge is -2.31. The smallest absolute Gasteiger partial charge is 0.335 e. The zero-order chi connectivity index (χ0) is 16.2. The van der Waals surface area contributed by atoms with E-state index in [1.165, 1.54) is 0 Å². The Morgan fingerprint density at radius 1 is 1.30 bits per heavy atom. The van der Waals surface area contributed by atoms with Gasteiger partial charge in [0.1, 0.15) is 0 Å². The summed E-state index contributed by atoms with van der Waals surface area (Å²) in [6, 6.07) is 6.81. The van der Waals surface area contributed by atoms with Crippen LogP contribution in [0, 0.1) is 11.3 Å². The van der Waals surface area contributed by atoms with E-state index in [9.17, 15) is 13.6 Å². The van der Waals surface area contributed by atoms with Gasteiger partial charge in [-0.1, -0.05) is 0 Å². The molecule has 2 aliphatic carbocycles. The van der Waals surface area contributed by atoms with Gasteiger partial charge < -0.3 is 5.11 Å². The number of halogens is 2. The molecule has 2 aliphatic rings. The quantitative estimate of drug-likeness (QED) is 0.928. The summed E-state index contributed by atoms with van der Waals surface area (Å²) >= 11 is 0. The van der Waals surface area contributed by atoms with Gasteiger partial charge in [-0.2, -0.15) is 0 Å². The standard InChI is InChI=1S/C18H17F2NO2/c19-17(20)18(5-6-18)13-2-4-15-12(9-13)8-11-7-10(16(22)23)1-3-14(11)21-15/h1,3,7-8,13,17H,2,4-6,9H2,(H,22,23)/t13-/m0/s1. The van der Waals surface area contributed by atoms with E-state index < -0.39 is 17.8 Å². The first-order valence-corrected chi connectivity index (χ1v) is 7.93. The molecule has 0 bridgehead atoms. The fourth-order valence-electron chi connectivity index (χ4n) is 3.90. The molecular formula is C18H17F2NO2. The minimum absolute atomic E-state index is 0.0110. The van der Waals surface area contributed by atoms with Gasteiger partial charge in [-0.05, 0) is 67.9 Å². The van der Waals surface area contributed by atoms with Crippen molar-refractivity contribution in [1.82, 2.24) is 4.98 Å². The van der Waals surface area contributed by atoms with Crippen molar-refractivity contribution in [2.75, 3.05) is 0 Å². The number of hydrogen-bond donors (Lipinski definition) is 1. The molecule has 0 aliphatic heterocycles. The Hall–Kier alpha value is -2.04. The zero-order valence-corrected chi connectivity index (χ0v) is 12.6. The van der Waals surface area contributed by atoms with E-state index in [0.29, 0.717) is 19.3 Å². The first-order chi connectivity index (χ1) is 11.0. The third kappa shape index (κ3) is 2.30. The maximum atomic E-state index is 13.3. The third-order valence-electron chi connectivity index (χ3n) is 5.50. The maximum absolute atomic E-state index is 13.3. The predicted octanol–water partition coefficient (Wildman–Crippen LogP) is 4.08. The Kier molecular flexibility index (Phi) is 3.15. The molecule has 1 aromatic carbocycles. The molecule has 1 N–H and O–H groups in total. The van der Waals surface area contributed by atoms with Gasteiger partial charge in [0, 0.05) is 16.5 Å². The number of aromatic carboxylic acids is 1. The first kappa shape index (κ1) is 14.5. The number of carboxylic acid groups (broad SMARTS) is 1. The van der Waals surface area contributed by atoms with Crippen LogP contribution in [0.3, 0.4) is 0 Å². The average Bonchev–Trinajstić information content (AvgIpc) is 3.33.